The lowest BCUT2D eigenvalue weighted by atomic mass is 9.40. The molecule has 0 unspecified atom stereocenters. The molecule has 3 rings (SSSR count). The lowest BCUT2D eigenvalue weighted by Crippen LogP contribution is -2.57. The summed E-state index contributed by atoms with van der Waals surface area (Å²) in [6.45, 7) is 0. The third-order valence-corrected chi connectivity index (χ3v) is 4.54. The van der Waals surface area contributed by atoms with Gasteiger partial charge in [-0.05, 0) is 35.1 Å². The topological polar surface area (TPSA) is 44.5 Å². The van der Waals surface area contributed by atoms with Crippen molar-refractivity contribution < 1.29 is 9.47 Å². The lowest BCUT2D eigenvalue weighted by molar-refractivity contribution is 0.0833. The third-order valence-electron chi connectivity index (χ3n) is 4.54. The Bertz CT molecular complexity index is 543. The summed E-state index contributed by atoms with van der Waals surface area (Å²) in [6.07, 6.45) is 0.881. The predicted octanol–water partition coefficient (Wildman–Crippen LogP) is -4.40. The number of nitrogens with two attached hydrogens (primary N) is 1. The molecule has 2 aliphatic rings. The molecule has 1 atom stereocenters. The van der Waals surface area contributed by atoms with E-state index in [2.05, 4.69) is 35.7 Å². The highest BCUT2D eigenvalue weighted by Crippen LogP contribution is 2.47. The van der Waals surface area contributed by atoms with Gasteiger partial charge in [-0.25, -0.2) is 0 Å². The van der Waals surface area contributed by atoms with E-state index in [9.17, 15) is 0 Å². The van der Waals surface area contributed by atoms with Crippen LogP contribution in [0.25, 0.3) is 0 Å². The van der Waals surface area contributed by atoms with Crippen LogP contribution < -0.4 is 15.2 Å². The average molecular weight is 236 g/mol. The highest BCUT2D eigenvalue weighted by Gasteiger charge is 2.47. The summed E-state index contributed by atoms with van der Waals surface area (Å²) in [5.41, 5.74) is 8.22. The lowest BCUT2D eigenvalue weighted by Gasteiger charge is -2.36. The number of hydrogen-bond acceptors (Lipinski definition) is 3. The Kier molecular flexibility index (Phi) is 2.13. The van der Waals surface area contributed by atoms with Crippen molar-refractivity contribution in [2.24, 2.45) is 5.73 Å². The minimum Gasteiger partial charge on any atom is -0.467 e. The van der Waals surface area contributed by atoms with Crippen LogP contribution in [0, 0.1) is 0 Å². The van der Waals surface area contributed by atoms with E-state index in [1.165, 1.54) is 11.1 Å². The summed E-state index contributed by atoms with van der Waals surface area (Å²) < 4.78 is 11.6. The van der Waals surface area contributed by atoms with Crippen LogP contribution in [0.4, 0.5) is 0 Å². The van der Waals surface area contributed by atoms with Gasteiger partial charge in [-0.1, -0.05) is 5.21 Å². The molecule has 18 heavy (non-hydrogen) atoms. The van der Waals surface area contributed by atoms with Crippen molar-refractivity contribution >= 4 is 39.2 Å². The minimum atomic E-state index is -0.562. The maximum absolute atomic E-state index is 6.44. The second-order valence-electron chi connectivity index (χ2n) is 6.78. The van der Waals surface area contributed by atoms with E-state index in [4.69, 9.17) is 15.2 Å². The molecule has 0 saturated carbocycles. The van der Waals surface area contributed by atoms with Gasteiger partial charge in [-0.15, -0.1) is 0 Å². The first-order chi connectivity index (χ1) is 8.12. The first kappa shape index (κ1) is 12.2. The van der Waals surface area contributed by atoms with Gasteiger partial charge in [-0.3, -0.25) is 0 Å². The van der Waals surface area contributed by atoms with Crippen molar-refractivity contribution in [3.63, 3.8) is 0 Å². The molecule has 1 aliphatic carbocycles. The van der Waals surface area contributed by atoms with E-state index in [1.807, 2.05) is 15.7 Å². The molecule has 0 aromatic heterocycles. The number of benzene rings is 1. The van der Waals surface area contributed by atoms with Gasteiger partial charge in [0.2, 0.25) is 0 Å². The van der Waals surface area contributed by atoms with Gasteiger partial charge in [-0.2, -0.15) is 0 Å². The predicted molar refractivity (Wildman–Crippen MR) is 85.4 cm³/mol. The van der Waals surface area contributed by atoms with Gasteiger partial charge in [0.25, 0.3) is 0 Å². The van der Waals surface area contributed by atoms with Gasteiger partial charge in [0.05, 0.1) is 0 Å². The van der Waals surface area contributed by atoms with Crippen LogP contribution in [0.3, 0.4) is 0 Å². The molecule has 1 aromatic carbocycles. The molecule has 2 N–H and O–H groups in total. The van der Waals surface area contributed by atoms with Crippen molar-refractivity contribution in [2.75, 3.05) is 0 Å². The number of fused-ring (bicyclic) bond motifs is 2. The third kappa shape index (κ3) is 1.48. The Morgan fingerprint density at radius 1 is 1.00 bits per heavy atom. The summed E-state index contributed by atoms with van der Waals surface area (Å²) in [5, 5.41) is -0.0482. The van der Waals surface area contributed by atoms with Crippen LogP contribution in [-0.2, 0) is 11.6 Å². The molecule has 1 aliphatic heterocycles. The molecule has 0 spiro atoms. The fourth-order valence-corrected chi connectivity index (χ4v) is 2.96. The van der Waals surface area contributed by atoms with Crippen molar-refractivity contribution in [2.45, 2.75) is 22.7 Å². The summed E-state index contributed by atoms with van der Waals surface area (Å²) >= 11 is 0. The first-order valence-corrected chi connectivity index (χ1v) is 6.47. The van der Waals surface area contributed by atoms with Gasteiger partial charge in [0, 0.05) is 0 Å². The molecule has 0 bridgehead atoms. The van der Waals surface area contributed by atoms with E-state index in [1.54, 1.807) is 0 Å². The van der Waals surface area contributed by atoms with Gasteiger partial charge in [0.1, 0.15) is 23.5 Å². The molecule has 0 radical (unpaired) electrons. The molecule has 8 heteroatoms. The van der Waals surface area contributed by atoms with Crippen LogP contribution in [0.2, 0.25) is 0 Å². The van der Waals surface area contributed by atoms with E-state index >= 15 is 0 Å². The summed E-state index contributed by atoms with van der Waals surface area (Å²) in [6, 6.07) is 4.21. The number of ether oxygens (including phenoxy) is 2. The van der Waals surface area contributed by atoms with Gasteiger partial charge < -0.3 is 15.2 Å². The normalized spacial score (nSPS) is 30.1. The molecular formula is C10H16B5NO2. The minimum absolute atomic E-state index is 0.0482. The molecule has 1 heterocycles. The quantitative estimate of drug-likeness (QED) is 0.463. The molecule has 88 valence electrons. The zero-order chi connectivity index (χ0) is 13.3. The fraction of sp³-hybridized carbons (Fsp3) is 0.400. The Labute approximate surface area is 112 Å². The SMILES string of the molecule is BC1(B)Oc2cc3c(cc2O1)C(B)(B)[C@](B)(N)C3. The van der Waals surface area contributed by atoms with Crippen LogP contribution in [0.15, 0.2) is 12.1 Å². The Hall–Kier alpha value is -0.895. The summed E-state index contributed by atoms with van der Waals surface area (Å²) in [5.74, 6) is 1.68. The van der Waals surface area contributed by atoms with Crippen molar-refractivity contribution in [1.29, 1.82) is 0 Å². The highest BCUT2D eigenvalue weighted by atomic mass is 16.7. The maximum Gasteiger partial charge on any atom is 0.197 e. The summed E-state index contributed by atoms with van der Waals surface area (Å²) in [7, 11) is 10.4. The second kappa shape index (κ2) is 3.16. The molecule has 1 aromatic rings. The Morgan fingerprint density at radius 3 is 2.17 bits per heavy atom. The fourth-order valence-electron chi connectivity index (χ4n) is 2.96. The molecular weight excluding hydrogens is 220 g/mol. The second-order valence-corrected chi connectivity index (χ2v) is 6.78. The zero-order valence-corrected chi connectivity index (χ0v) is 11.8. The highest BCUT2D eigenvalue weighted by molar-refractivity contribution is 6.46. The largest absolute Gasteiger partial charge is 0.467 e. The monoisotopic (exact) mass is 237 g/mol. The molecule has 0 fully saturated rings. The molecule has 3 nitrogen and oxygen atoms in total. The number of hydrogen-bond donors (Lipinski definition) is 1. The summed E-state index contributed by atoms with van der Waals surface area (Å²) in [4.78, 5) is 0. The van der Waals surface area contributed by atoms with Crippen LogP contribution >= 0.6 is 0 Å². The van der Waals surface area contributed by atoms with Gasteiger partial charge >= 0.3 is 0 Å². The van der Waals surface area contributed by atoms with Crippen LogP contribution in [0.1, 0.15) is 11.1 Å². The zero-order valence-electron chi connectivity index (χ0n) is 11.8. The smallest absolute Gasteiger partial charge is 0.197 e. The Balaban J connectivity index is 2.13. The first-order valence-electron chi connectivity index (χ1n) is 6.47. The van der Waals surface area contributed by atoms with Crippen LogP contribution in [-0.4, -0.2) is 50.3 Å². The maximum atomic E-state index is 6.44. The Morgan fingerprint density at radius 2 is 1.56 bits per heavy atom. The number of rotatable bonds is 0. The van der Waals surface area contributed by atoms with Crippen molar-refractivity contribution in [3.8, 4) is 11.5 Å². The van der Waals surface area contributed by atoms with E-state index in [-0.39, 0.29) is 10.7 Å². The van der Waals surface area contributed by atoms with Crippen LogP contribution in [0.5, 0.6) is 11.5 Å². The average Bonchev–Trinajstić information content (AvgIpc) is 2.55. The van der Waals surface area contributed by atoms with E-state index in [0.29, 0.717) is 0 Å². The van der Waals surface area contributed by atoms with E-state index < -0.39 is 5.59 Å². The van der Waals surface area contributed by atoms with Gasteiger partial charge in [0.15, 0.2) is 32.8 Å². The standard InChI is InChI=1S/C10H16B5NO2/c11-8(16)3-4-1-6-7(18-10(14,15)17-6)2-5(4)9(8,12)13/h1-2H,3,11-16H2/t8-/m1/s1. The molecule has 0 saturated heterocycles. The van der Waals surface area contributed by atoms with Crippen molar-refractivity contribution in [3.05, 3.63) is 23.3 Å². The van der Waals surface area contributed by atoms with E-state index in [0.717, 1.165) is 17.9 Å². The van der Waals surface area contributed by atoms with Crippen molar-refractivity contribution in [1.82, 2.24) is 0 Å². The molecule has 0 amide bonds.